The Bertz CT molecular complexity index is 1280. The van der Waals surface area contributed by atoms with Crippen molar-refractivity contribution in [3.05, 3.63) is 46.5 Å². The van der Waals surface area contributed by atoms with Crippen molar-refractivity contribution in [2.45, 2.75) is 32.4 Å². The van der Waals surface area contributed by atoms with Crippen LogP contribution in [0.1, 0.15) is 30.3 Å². The summed E-state index contributed by atoms with van der Waals surface area (Å²) < 4.78 is 8.04. The molecule has 0 spiro atoms. The Morgan fingerprint density at radius 3 is 2.84 bits per heavy atom. The van der Waals surface area contributed by atoms with Gasteiger partial charge in [-0.1, -0.05) is 13.0 Å². The summed E-state index contributed by atoms with van der Waals surface area (Å²) in [5.41, 5.74) is 1.15. The van der Waals surface area contributed by atoms with Crippen LogP contribution in [-0.4, -0.2) is 67.4 Å². The number of hydrogen-bond acceptors (Lipinski definition) is 6. The van der Waals surface area contributed by atoms with Gasteiger partial charge in [-0.15, -0.1) is 0 Å². The van der Waals surface area contributed by atoms with Gasteiger partial charge in [-0.25, -0.2) is 14.7 Å². The van der Waals surface area contributed by atoms with Crippen molar-refractivity contribution in [1.29, 1.82) is 0 Å². The van der Waals surface area contributed by atoms with Gasteiger partial charge in [-0.05, 0) is 31.0 Å². The highest BCUT2D eigenvalue weighted by Gasteiger charge is 2.41. The van der Waals surface area contributed by atoms with Gasteiger partial charge in [-0.3, -0.25) is 18.8 Å². The Hall–Kier alpha value is -3.69. The molecular formula is C21H21N5O5. The molecule has 1 unspecified atom stereocenters. The molecule has 2 aliphatic heterocycles. The van der Waals surface area contributed by atoms with Gasteiger partial charge >= 0.3 is 6.09 Å². The Kier molecular flexibility index (Phi) is 4.49. The largest absolute Gasteiger partial charge is 0.439 e. The van der Waals surface area contributed by atoms with Crippen LogP contribution in [0.15, 0.2) is 35.3 Å². The molecule has 0 radical (unpaired) electrons. The molecule has 0 saturated carbocycles. The molecule has 0 aliphatic carbocycles. The molecular weight excluding hydrogens is 402 g/mol. The number of rotatable bonds is 4. The molecule has 3 amide bonds. The molecule has 2 fully saturated rings. The number of aromatic nitrogens is 3. The molecule has 2 saturated heterocycles. The summed E-state index contributed by atoms with van der Waals surface area (Å²) in [6.45, 7) is 2.92. The minimum Gasteiger partial charge on any atom is -0.439 e. The van der Waals surface area contributed by atoms with E-state index in [9.17, 15) is 19.2 Å². The van der Waals surface area contributed by atoms with Crippen LogP contribution in [0.3, 0.4) is 0 Å². The third kappa shape index (κ3) is 2.97. The highest BCUT2D eigenvalue weighted by atomic mass is 16.6. The number of imide groups is 1. The molecule has 5 heterocycles. The summed E-state index contributed by atoms with van der Waals surface area (Å²) >= 11 is 0. The van der Waals surface area contributed by atoms with Crippen molar-refractivity contribution < 1.29 is 19.1 Å². The quantitative estimate of drug-likeness (QED) is 0.625. The number of likely N-dealkylation sites (tertiary alicyclic amines) is 1. The zero-order chi connectivity index (χ0) is 21.7. The lowest BCUT2D eigenvalue weighted by atomic mass is 10.2. The molecule has 0 bridgehead atoms. The Balaban J connectivity index is 1.53. The first-order valence-electron chi connectivity index (χ1n) is 10.3. The molecule has 1 atom stereocenters. The fraction of sp³-hybridized carbons (Fsp3) is 0.381. The van der Waals surface area contributed by atoms with Crippen molar-refractivity contribution >= 4 is 34.6 Å². The van der Waals surface area contributed by atoms with Crippen molar-refractivity contribution in [1.82, 2.24) is 23.8 Å². The van der Waals surface area contributed by atoms with Gasteiger partial charge in [0.25, 0.3) is 17.4 Å². The van der Waals surface area contributed by atoms with E-state index in [1.165, 1.54) is 4.40 Å². The molecule has 3 aromatic heterocycles. The van der Waals surface area contributed by atoms with E-state index in [0.29, 0.717) is 41.9 Å². The average molecular weight is 423 g/mol. The number of aryl methyl sites for hydroxylation is 1. The Morgan fingerprint density at radius 1 is 1.26 bits per heavy atom. The average Bonchev–Trinajstić information content (AvgIpc) is 3.46. The molecule has 3 aromatic rings. The smallest absolute Gasteiger partial charge is 0.417 e. The number of cyclic esters (lactones) is 1. The molecule has 2 aliphatic rings. The van der Waals surface area contributed by atoms with Crippen LogP contribution in [0.4, 0.5) is 4.79 Å². The minimum absolute atomic E-state index is 0.228. The lowest BCUT2D eigenvalue weighted by molar-refractivity contribution is -0.127. The van der Waals surface area contributed by atoms with Crippen LogP contribution in [-0.2, 0) is 16.1 Å². The summed E-state index contributed by atoms with van der Waals surface area (Å²) in [4.78, 5) is 57.5. The fourth-order valence-electron chi connectivity index (χ4n) is 4.40. The van der Waals surface area contributed by atoms with Crippen molar-refractivity contribution in [2.75, 3.05) is 19.7 Å². The lowest BCUT2D eigenvalue weighted by Gasteiger charge is -2.21. The van der Waals surface area contributed by atoms with Crippen molar-refractivity contribution in [3.8, 4) is 0 Å². The number of ether oxygens (including phenoxy) is 1. The summed E-state index contributed by atoms with van der Waals surface area (Å²) in [5, 5.41) is 0.384. The Labute approximate surface area is 176 Å². The van der Waals surface area contributed by atoms with Crippen LogP contribution in [0.5, 0.6) is 0 Å². The second kappa shape index (κ2) is 7.22. The Morgan fingerprint density at radius 2 is 2.10 bits per heavy atom. The van der Waals surface area contributed by atoms with Gasteiger partial charge in [0.2, 0.25) is 0 Å². The summed E-state index contributed by atoms with van der Waals surface area (Å²) in [5.74, 6) is -0.629. The third-order valence-electron chi connectivity index (χ3n) is 5.84. The molecule has 0 aromatic carbocycles. The SMILES string of the molecule is CCCn1c(C(=O)N2CCC(N3C(=O)COC3=O)C2)cc2c(=O)n3ccccc3nc21. The van der Waals surface area contributed by atoms with E-state index in [2.05, 4.69) is 4.98 Å². The van der Waals surface area contributed by atoms with Gasteiger partial charge in [0.05, 0.1) is 11.4 Å². The van der Waals surface area contributed by atoms with E-state index in [-0.39, 0.29) is 30.5 Å². The van der Waals surface area contributed by atoms with E-state index in [1.807, 2.05) is 13.0 Å². The standard InChI is InChI=1S/C21H21N5O5/c1-2-7-24-15(10-14-18(24)22-16-5-3-4-8-25(16)19(14)28)20(29)23-9-6-13(11-23)26-17(27)12-31-21(26)30/h3-5,8,10,13H,2,6-7,9,11-12H2,1H3. The number of amides is 3. The van der Waals surface area contributed by atoms with E-state index in [0.717, 1.165) is 11.3 Å². The first kappa shape index (κ1) is 19.3. The first-order chi connectivity index (χ1) is 15.0. The van der Waals surface area contributed by atoms with Gasteiger partial charge in [0, 0.05) is 25.8 Å². The maximum Gasteiger partial charge on any atom is 0.417 e. The van der Waals surface area contributed by atoms with E-state index in [1.54, 1.807) is 33.9 Å². The third-order valence-corrected chi connectivity index (χ3v) is 5.84. The second-order valence-electron chi connectivity index (χ2n) is 7.78. The summed E-state index contributed by atoms with van der Waals surface area (Å²) in [6, 6.07) is 6.52. The first-order valence-corrected chi connectivity index (χ1v) is 10.3. The molecule has 160 valence electrons. The van der Waals surface area contributed by atoms with E-state index < -0.39 is 12.1 Å². The molecule has 5 rings (SSSR count). The van der Waals surface area contributed by atoms with Crippen LogP contribution >= 0.6 is 0 Å². The lowest BCUT2D eigenvalue weighted by Crippen LogP contribution is -2.42. The van der Waals surface area contributed by atoms with E-state index >= 15 is 0 Å². The van der Waals surface area contributed by atoms with Gasteiger partial charge in [0.1, 0.15) is 17.0 Å². The zero-order valence-electron chi connectivity index (χ0n) is 17.0. The normalized spacial score (nSPS) is 19.1. The maximum atomic E-state index is 13.4. The van der Waals surface area contributed by atoms with Crippen LogP contribution in [0.2, 0.25) is 0 Å². The van der Waals surface area contributed by atoms with Gasteiger partial charge < -0.3 is 14.2 Å². The number of carbonyl (C=O) groups is 3. The van der Waals surface area contributed by atoms with E-state index in [4.69, 9.17) is 4.74 Å². The van der Waals surface area contributed by atoms with Crippen LogP contribution in [0, 0.1) is 0 Å². The van der Waals surface area contributed by atoms with Gasteiger partial charge in [-0.2, -0.15) is 0 Å². The van der Waals surface area contributed by atoms with Crippen molar-refractivity contribution in [2.24, 2.45) is 0 Å². The topological polar surface area (TPSA) is 106 Å². The number of fused-ring (bicyclic) bond motifs is 2. The fourth-order valence-corrected chi connectivity index (χ4v) is 4.40. The summed E-state index contributed by atoms with van der Waals surface area (Å²) in [6.07, 6.45) is 2.25. The monoisotopic (exact) mass is 423 g/mol. The predicted octanol–water partition coefficient (Wildman–Crippen LogP) is 1.25. The molecule has 10 nitrogen and oxygen atoms in total. The van der Waals surface area contributed by atoms with Crippen LogP contribution in [0.25, 0.3) is 16.7 Å². The minimum atomic E-state index is -0.659. The number of pyridine rings is 1. The molecule has 10 heteroatoms. The highest BCUT2D eigenvalue weighted by molar-refractivity contribution is 6.00. The number of nitrogens with zero attached hydrogens (tertiary/aromatic N) is 5. The predicted molar refractivity (Wildman–Crippen MR) is 110 cm³/mol. The number of carbonyl (C=O) groups excluding carboxylic acids is 3. The molecule has 0 N–H and O–H groups in total. The highest BCUT2D eigenvalue weighted by Crippen LogP contribution is 2.24. The second-order valence-corrected chi connectivity index (χ2v) is 7.78. The summed E-state index contributed by atoms with van der Waals surface area (Å²) in [7, 11) is 0. The number of hydrogen-bond donors (Lipinski definition) is 0. The van der Waals surface area contributed by atoms with Crippen molar-refractivity contribution in [3.63, 3.8) is 0 Å². The zero-order valence-corrected chi connectivity index (χ0v) is 17.0. The van der Waals surface area contributed by atoms with Gasteiger partial charge in [0.15, 0.2) is 6.61 Å². The maximum absolute atomic E-state index is 13.4. The van der Waals surface area contributed by atoms with Crippen LogP contribution < -0.4 is 5.56 Å². The molecule has 31 heavy (non-hydrogen) atoms.